The second-order valence-electron chi connectivity index (χ2n) is 5.91. The largest absolute Gasteiger partial charge is 0.388 e. The lowest BCUT2D eigenvalue weighted by Gasteiger charge is -2.33. The van der Waals surface area contributed by atoms with E-state index in [9.17, 15) is 5.11 Å². The predicted octanol–water partition coefficient (Wildman–Crippen LogP) is 2.02. The van der Waals surface area contributed by atoms with Crippen LogP contribution in [0.3, 0.4) is 0 Å². The minimum atomic E-state index is -0.381. The molecule has 1 saturated carbocycles. The molecule has 1 atom stereocenters. The second-order valence-corrected chi connectivity index (χ2v) is 5.91. The third kappa shape index (κ3) is 2.12. The van der Waals surface area contributed by atoms with E-state index in [1.165, 1.54) is 25.7 Å². The van der Waals surface area contributed by atoms with Gasteiger partial charge in [0, 0.05) is 13.1 Å². The molecule has 0 aromatic carbocycles. The summed E-state index contributed by atoms with van der Waals surface area (Å²) in [5, 5.41) is 10.4. The van der Waals surface area contributed by atoms with Crippen molar-refractivity contribution in [2.45, 2.75) is 51.0 Å². The maximum Gasteiger partial charge on any atom is 0.0791 e. The first-order valence-electron chi connectivity index (χ1n) is 5.92. The maximum absolute atomic E-state index is 10.4. The molecule has 2 rings (SSSR count). The second kappa shape index (κ2) is 3.49. The van der Waals surface area contributed by atoms with Crippen molar-refractivity contribution < 1.29 is 5.11 Å². The molecule has 0 aromatic heterocycles. The van der Waals surface area contributed by atoms with Crippen LogP contribution in [0.25, 0.3) is 0 Å². The molecule has 1 aliphatic carbocycles. The van der Waals surface area contributed by atoms with Gasteiger partial charge in [-0.25, -0.2) is 0 Å². The Morgan fingerprint density at radius 2 is 1.86 bits per heavy atom. The first-order chi connectivity index (χ1) is 6.52. The van der Waals surface area contributed by atoms with Gasteiger partial charge in [0.1, 0.15) is 0 Å². The summed E-state index contributed by atoms with van der Waals surface area (Å²) in [7, 11) is 2.11. The van der Waals surface area contributed by atoms with Crippen LogP contribution < -0.4 is 0 Å². The topological polar surface area (TPSA) is 23.5 Å². The summed E-state index contributed by atoms with van der Waals surface area (Å²) in [5.41, 5.74) is 0.0494. The first-order valence-corrected chi connectivity index (χ1v) is 5.92. The van der Waals surface area contributed by atoms with Gasteiger partial charge in [-0.1, -0.05) is 19.8 Å². The van der Waals surface area contributed by atoms with E-state index in [2.05, 4.69) is 18.9 Å². The number of likely N-dealkylation sites (tertiary alicyclic amines) is 1. The molecule has 82 valence electrons. The Hall–Kier alpha value is -0.0800. The molecule has 0 radical (unpaired) electrons. The highest BCUT2D eigenvalue weighted by atomic mass is 16.3. The van der Waals surface area contributed by atoms with E-state index < -0.39 is 0 Å². The predicted molar refractivity (Wildman–Crippen MR) is 58.3 cm³/mol. The zero-order valence-electron chi connectivity index (χ0n) is 9.55. The van der Waals surface area contributed by atoms with Crippen molar-refractivity contribution in [1.29, 1.82) is 0 Å². The SMILES string of the molecule is CN1CCC(O)(CC2(C)CCCC2)C1. The molecular formula is C12H23NO. The van der Waals surface area contributed by atoms with Crippen LogP contribution in [0.2, 0.25) is 0 Å². The molecule has 1 saturated heterocycles. The fourth-order valence-corrected chi connectivity index (χ4v) is 3.40. The third-order valence-corrected chi connectivity index (χ3v) is 4.09. The molecule has 1 N–H and O–H groups in total. The Labute approximate surface area is 87.3 Å². The van der Waals surface area contributed by atoms with Crippen LogP contribution in [-0.4, -0.2) is 35.7 Å². The monoisotopic (exact) mass is 197 g/mol. The molecule has 2 heteroatoms. The van der Waals surface area contributed by atoms with E-state index in [0.717, 1.165) is 25.9 Å². The van der Waals surface area contributed by atoms with Gasteiger partial charge in [0.2, 0.25) is 0 Å². The fourth-order valence-electron chi connectivity index (χ4n) is 3.40. The van der Waals surface area contributed by atoms with Gasteiger partial charge in [-0.2, -0.15) is 0 Å². The zero-order chi connectivity index (χ0) is 10.2. The number of hydrogen-bond donors (Lipinski definition) is 1. The van der Waals surface area contributed by atoms with Crippen molar-refractivity contribution in [2.24, 2.45) is 5.41 Å². The highest BCUT2D eigenvalue weighted by Gasteiger charge is 2.41. The first kappa shape index (κ1) is 10.4. The summed E-state index contributed by atoms with van der Waals surface area (Å²) in [6.45, 7) is 4.30. The summed E-state index contributed by atoms with van der Waals surface area (Å²) < 4.78 is 0. The summed E-state index contributed by atoms with van der Waals surface area (Å²) in [6, 6.07) is 0. The standard InChI is InChI=1S/C12H23NO/c1-11(5-3-4-6-11)9-12(14)7-8-13(2)10-12/h14H,3-10H2,1-2H3. The third-order valence-electron chi connectivity index (χ3n) is 4.09. The fraction of sp³-hybridized carbons (Fsp3) is 1.00. The Morgan fingerprint density at radius 1 is 1.21 bits per heavy atom. The van der Waals surface area contributed by atoms with E-state index in [0.29, 0.717) is 5.41 Å². The van der Waals surface area contributed by atoms with Crippen molar-refractivity contribution in [2.75, 3.05) is 20.1 Å². The molecule has 0 spiro atoms. The summed E-state index contributed by atoms with van der Waals surface area (Å²) in [6.07, 6.45) is 7.35. The molecule has 0 bridgehead atoms. The van der Waals surface area contributed by atoms with Crippen molar-refractivity contribution >= 4 is 0 Å². The Morgan fingerprint density at radius 3 is 2.36 bits per heavy atom. The maximum atomic E-state index is 10.4. The minimum absolute atomic E-state index is 0.381. The van der Waals surface area contributed by atoms with Crippen LogP contribution in [0.15, 0.2) is 0 Å². The van der Waals surface area contributed by atoms with Crippen molar-refractivity contribution in [3.63, 3.8) is 0 Å². The van der Waals surface area contributed by atoms with Crippen LogP contribution in [0.4, 0.5) is 0 Å². The Balaban J connectivity index is 1.96. The molecule has 2 fully saturated rings. The molecule has 2 nitrogen and oxygen atoms in total. The van der Waals surface area contributed by atoms with Crippen LogP contribution in [0, 0.1) is 5.41 Å². The van der Waals surface area contributed by atoms with Gasteiger partial charge in [0.15, 0.2) is 0 Å². The molecule has 0 aromatic rings. The minimum Gasteiger partial charge on any atom is -0.388 e. The van der Waals surface area contributed by atoms with Crippen molar-refractivity contribution in [3.8, 4) is 0 Å². The average Bonchev–Trinajstić information content (AvgIpc) is 2.59. The smallest absolute Gasteiger partial charge is 0.0791 e. The van der Waals surface area contributed by atoms with Crippen LogP contribution >= 0.6 is 0 Å². The lowest BCUT2D eigenvalue weighted by Crippen LogP contribution is -2.37. The molecule has 2 aliphatic rings. The highest BCUT2D eigenvalue weighted by molar-refractivity contribution is 4.95. The normalized spacial score (nSPS) is 37.9. The van der Waals surface area contributed by atoms with Crippen LogP contribution in [0.1, 0.15) is 45.4 Å². The van der Waals surface area contributed by atoms with E-state index in [4.69, 9.17) is 0 Å². The Kier molecular flexibility index (Phi) is 2.61. The number of nitrogens with zero attached hydrogens (tertiary/aromatic N) is 1. The molecule has 1 unspecified atom stereocenters. The zero-order valence-corrected chi connectivity index (χ0v) is 9.55. The van der Waals surface area contributed by atoms with Gasteiger partial charge >= 0.3 is 0 Å². The highest BCUT2D eigenvalue weighted by Crippen LogP contribution is 2.45. The van der Waals surface area contributed by atoms with E-state index >= 15 is 0 Å². The number of aliphatic hydroxyl groups is 1. The summed E-state index contributed by atoms with van der Waals surface area (Å²) in [4.78, 5) is 2.25. The van der Waals surface area contributed by atoms with Crippen LogP contribution in [-0.2, 0) is 0 Å². The van der Waals surface area contributed by atoms with E-state index in [1.807, 2.05) is 0 Å². The average molecular weight is 197 g/mol. The number of rotatable bonds is 2. The summed E-state index contributed by atoms with van der Waals surface area (Å²) in [5.74, 6) is 0. The van der Waals surface area contributed by atoms with Gasteiger partial charge in [0.25, 0.3) is 0 Å². The number of hydrogen-bond acceptors (Lipinski definition) is 2. The Bertz CT molecular complexity index is 210. The van der Waals surface area contributed by atoms with Gasteiger partial charge in [-0.15, -0.1) is 0 Å². The number of likely N-dealkylation sites (N-methyl/N-ethyl adjacent to an activating group) is 1. The van der Waals surface area contributed by atoms with E-state index in [-0.39, 0.29) is 5.60 Å². The van der Waals surface area contributed by atoms with Crippen molar-refractivity contribution in [3.05, 3.63) is 0 Å². The van der Waals surface area contributed by atoms with E-state index in [1.54, 1.807) is 0 Å². The molecule has 14 heavy (non-hydrogen) atoms. The van der Waals surface area contributed by atoms with Crippen LogP contribution in [0.5, 0.6) is 0 Å². The number of β-amino-alcohol motifs (C(OH)–C–C–N with tert-alkyl or cyclic N) is 1. The lowest BCUT2D eigenvalue weighted by molar-refractivity contribution is 0.00530. The van der Waals surface area contributed by atoms with Crippen molar-refractivity contribution in [1.82, 2.24) is 4.90 Å². The van der Waals surface area contributed by atoms with Gasteiger partial charge in [0.05, 0.1) is 5.60 Å². The lowest BCUT2D eigenvalue weighted by atomic mass is 9.77. The molecule has 1 heterocycles. The molecular weight excluding hydrogens is 174 g/mol. The van der Waals surface area contributed by atoms with Gasteiger partial charge in [-0.05, 0) is 38.1 Å². The van der Waals surface area contributed by atoms with Gasteiger partial charge < -0.3 is 10.0 Å². The quantitative estimate of drug-likeness (QED) is 0.732. The summed E-state index contributed by atoms with van der Waals surface area (Å²) >= 11 is 0. The molecule has 0 amide bonds. The molecule has 1 aliphatic heterocycles. The van der Waals surface area contributed by atoms with Gasteiger partial charge in [-0.3, -0.25) is 0 Å².